The number of carbonyl (C=O) groups is 1. The van der Waals surface area contributed by atoms with Gasteiger partial charge in [0.2, 0.25) is 0 Å². The second-order valence-electron chi connectivity index (χ2n) is 4.93. The first-order chi connectivity index (χ1) is 8.65. The zero-order chi connectivity index (χ0) is 13.0. The summed E-state index contributed by atoms with van der Waals surface area (Å²) in [6.45, 7) is 1.81. The molecule has 1 aromatic carbocycles. The number of hydrogen-bond donors (Lipinski definition) is 3. The van der Waals surface area contributed by atoms with Crippen molar-refractivity contribution in [2.24, 2.45) is 0 Å². The van der Waals surface area contributed by atoms with Crippen LogP contribution in [0.15, 0.2) is 18.2 Å². The van der Waals surface area contributed by atoms with Crippen LogP contribution in [0.3, 0.4) is 0 Å². The Morgan fingerprint density at radius 2 is 2.00 bits per heavy atom. The van der Waals surface area contributed by atoms with Crippen molar-refractivity contribution in [1.82, 2.24) is 5.32 Å². The average molecular weight is 248 g/mol. The molecule has 98 valence electrons. The lowest BCUT2D eigenvalue weighted by Gasteiger charge is -2.22. The first-order valence-electron chi connectivity index (χ1n) is 6.52. The topological polar surface area (TPSA) is 61.4 Å². The Bertz CT molecular complexity index is 426. The maximum Gasteiger partial charge on any atom is 0.319 e. The molecule has 0 radical (unpaired) electrons. The van der Waals surface area contributed by atoms with Gasteiger partial charge in [0.15, 0.2) is 0 Å². The number of phenolic OH excluding ortho intramolecular Hbond substituents is 1. The molecule has 1 aromatic rings. The highest BCUT2D eigenvalue weighted by Gasteiger charge is 2.15. The highest BCUT2D eigenvalue weighted by molar-refractivity contribution is 5.89. The van der Waals surface area contributed by atoms with E-state index in [1.165, 1.54) is 19.3 Å². The Labute approximate surface area is 107 Å². The van der Waals surface area contributed by atoms with E-state index in [0.717, 1.165) is 18.4 Å². The number of urea groups is 1. The van der Waals surface area contributed by atoms with E-state index in [4.69, 9.17) is 0 Å². The second-order valence-corrected chi connectivity index (χ2v) is 4.93. The summed E-state index contributed by atoms with van der Waals surface area (Å²) in [6.07, 6.45) is 5.81. The lowest BCUT2D eigenvalue weighted by atomic mass is 9.96. The van der Waals surface area contributed by atoms with Crippen LogP contribution >= 0.6 is 0 Å². The predicted octanol–water partition coefficient (Wildman–Crippen LogP) is 3.15. The van der Waals surface area contributed by atoms with Gasteiger partial charge in [0, 0.05) is 11.7 Å². The largest absolute Gasteiger partial charge is 0.508 e. The number of carbonyl (C=O) groups excluding carboxylic acids is 1. The Hall–Kier alpha value is -1.71. The van der Waals surface area contributed by atoms with Crippen molar-refractivity contribution in [1.29, 1.82) is 0 Å². The number of anilines is 1. The van der Waals surface area contributed by atoms with Crippen molar-refractivity contribution in [2.75, 3.05) is 5.32 Å². The summed E-state index contributed by atoms with van der Waals surface area (Å²) < 4.78 is 0. The van der Waals surface area contributed by atoms with Gasteiger partial charge in [-0.15, -0.1) is 0 Å². The third kappa shape index (κ3) is 3.39. The molecule has 1 saturated carbocycles. The summed E-state index contributed by atoms with van der Waals surface area (Å²) in [7, 11) is 0. The van der Waals surface area contributed by atoms with E-state index >= 15 is 0 Å². The van der Waals surface area contributed by atoms with Crippen LogP contribution < -0.4 is 10.6 Å². The molecule has 0 unspecified atom stereocenters. The zero-order valence-corrected chi connectivity index (χ0v) is 10.7. The molecule has 0 aliphatic heterocycles. The van der Waals surface area contributed by atoms with Gasteiger partial charge in [0.05, 0.1) is 0 Å². The minimum absolute atomic E-state index is 0.160. The molecule has 1 aliphatic carbocycles. The van der Waals surface area contributed by atoms with Crippen LogP contribution in [-0.4, -0.2) is 17.2 Å². The van der Waals surface area contributed by atoms with Crippen LogP contribution in [0.4, 0.5) is 10.5 Å². The Morgan fingerprint density at radius 3 is 2.67 bits per heavy atom. The quantitative estimate of drug-likeness (QED) is 0.704. The van der Waals surface area contributed by atoms with Crippen LogP contribution in [0.2, 0.25) is 0 Å². The van der Waals surface area contributed by atoms with Gasteiger partial charge < -0.3 is 15.7 Å². The number of aryl methyl sites for hydroxylation is 1. The van der Waals surface area contributed by atoms with Crippen molar-refractivity contribution in [3.8, 4) is 5.75 Å². The first kappa shape index (κ1) is 12.7. The van der Waals surface area contributed by atoms with Crippen molar-refractivity contribution >= 4 is 11.7 Å². The van der Waals surface area contributed by atoms with Gasteiger partial charge in [-0.2, -0.15) is 0 Å². The van der Waals surface area contributed by atoms with E-state index in [-0.39, 0.29) is 11.8 Å². The molecule has 0 saturated heterocycles. The summed E-state index contributed by atoms with van der Waals surface area (Å²) >= 11 is 0. The van der Waals surface area contributed by atoms with Crippen LogP contribution in [0.1, 0.15) is 37.7 Å². The van der Waals surface area contributed by atoms with Gasteiger partial charge in [-0.25, -0.2) is 4.79 Å². The Kier molecular flexibility index (Phi) is 4.07. The van der Waals surface area contributed by atoms with E-state index < -0.39 is 0 Å². The number of rotatable bonds is 2. The van der Waals surface area contributed by atoms with Crippen molar-refractivity contribution in [2.45, 2.75) is 45.1 Å². The Balaban J connectivity index is 1.88. The van der Waals surface area contributed by atoms with Gasteiger partial charge in [-0.05, 0) is 43.5 Å². The lowest BCUT2D eigenvalue weighted by molar-refractivity contribution is 0.244. The van der Waals surface area contributed by atoms with Gasteiger partial charge in [-0.3, -0.25) is 0 Å². The van der Waals surface area contributed by atoms with E-state index in [9.17, 15) is 9.90 Å². The fourth-order valence-electron chi connectivity index (χ4n) is 2.33. The summed E-state index contributed by atoms with van der Waals surface area (Å²) in [4.78, 5) is 11.8. The molecule has 1 fully saturated rings. The number of hydrogen-bond acceptors (Lipinski definition) is 2. The Morgan fingerprint density at radius 1 is 1.28 bits per heavy atom. The third-order valence-corrected chi connectivity index (χ3v) is 3.40. The van der Waals surface area contributed by atoms with E-state index in [1.807, 2.05) is 0 Å². The number of phenols is 1. The minimum Gasteiger partial charge on any atom is -0.508 e. The molecule has 0 atom stereocenters. The molecule has 2 amide bonds. The smallest absolute Gasteiger partial charge is 0.319 e. The van der Waals surface area contributed by atoms with E-state index in [2.05, 4.69) is 10.6 Å². The molecule has 0 heterocycles. The van der Waals surface area contributed by atoms with Crippen molar-refractivity contribution < 1.29 is 9.90 Å². The van der Waals surface area contributed by atoms with Crippen molar-refractivity contribution in [3.63, 3.8) is 0 Å². The number of nitrogens with one attached hydrogen (secondary N) is 2. The third-order valence-electron chi connectivity index (χ3n) is 3.40. The first-order valence-corrected chi connectivity index (χ1v) is 6.52. The molecule has 1 aliphatic rings. The van der Waals surface area contributed by atoms with Gasteiger partial charge in [0.1, 0.15) is 5.75 Å². The molecule has 18 heavy (non-hydrogen) atoms. The van der Waals surface area contributed by atoms with Gasteiger partial charge in [0.25, 0.3) is 0 Å². The zero-order valence-electron chi connectivity index (χ0n) is 10.7. The maximum atomic E-state index is 11.8. The highest BCUT2D eigenvalue weighted by Crippen LogP contribution is 2.20. The van der Waals surface area contributed by atoms with Crippen LogP contribution in [0.5, 0.6) is 5.75 Å². The van der Waals surface area contributed by atoms with E-state index in [1.54, 1.807) is 25.1 Å². The highest BCUT2D eigenvalue weighted by atomic mass is 16.3. The SMILES string of the molecule is Cc1cc(NC(=O)NC2CCCCC2)ccc1O. The fourth-order valence-corrected chi connectivity index (χ4v) is 2.33. The fraction of sp³-hybridized carbons (Fsp3) is 0.500. The van der Waals surface area contributed by atoms with Crippen LogP contribution in [0, 0.1) is 6.92 Å². The van der Waals surface area contributed by atoms with Gasteiger partial charge >= 0.3 is 6.03 Å². The van der Waals surface area contributed by atoms with Gasteiger partial charge in [-0.1, -0.05) is 19.3 Å². The second kappa shape index (κ2) is 5.76. The van der Waals surface area contributed by atoms with Crippen LogP contribution in [0.25, 0.3) is 0 Å². The molecular formula is C14H20N2O2. The molecule has 3 N–H and O–H groups in total. The normalized spacial score (nSPS) is 16.3. The standard InChI is InChI=1S/C14H20N2O2/c1-10-9-12(7-8-13(10)17)16-14(18)15-11-5-3-2-4-6-11/h7-9,11,17H,2-6H2,1H3,(H2,15,16,18). The molecule has 0 spiro atoms. The molecule has 4 nitrogen and oxygen atoms in total. The summed E-state index contributed by atoms with van der Waals surface area (Å²) in [5.41, 5.74) is 1.46. The van der Waals surface area contributed by atoms with Crippen molar-refractivity contribution in [3.05, 3.63) is 23.8 Å². The summed E-state index contributed by atoms with van der Waals surface area (Å²) in [6, 6.07) is 5.19. The summed E-state index contributed by atoms with van der Waals surface area (Å²) in [5.74, 6) is 0.244. The monoisotopic (exact) mass is 248 g/mol. The maximum absolute atomic E-state index is 11.8. The number of aromatic hydroxyl groups is 1. The molecule has 4 heteroatoms. The molecule has 0 bridgehead atoms. The minimum atomic E-state index is -0.160. The number of amides is 2. The number of benzene rings is 1. The molecular weight excluding hydrogens is 228 g/mol. The lowest BCUT2D eigenvalue weighted by Crippen LogP contribution is -2.39. The van der Waals surface area contributed by atoms with E-state index in [0.29, 0.717) is 11.7 Å². The van der Waals surface area contributed by atoms with Crippen LogP contribution in [-0.2, 0) is 0 Å². The molecule has 0 aromatic heterocycles. The summed E-state index contributed by atoms with van der Waals surface area (Å²) in [5, 5.41) is 15.2. The molecule has 2 rings (SSSR count). The predicted molar refractivity (Wildman–Crippen MR) is 71.9 cm³/mol. The average Bonchev–Trinajstić information content (AvgIpc) is 2.35.